The third-order valence-corrected chi connectivity index (χ3v) is 3.82. The lowest BCUT2D eigenvalue weighted by molar-refractivity contribution is 0.664. The summed E-state index contributed by atoms with van der Waals surface area (Å²) in [6.07, 6.45) is 8.19. The van der Waals surface area contributed by atoms with E-state index in [1.165, 1.54) is 24.1 Å². The predicted octanol–water partition coefficient (Wildman–Crippen LogP) is 2.09. The first-order valence-corrected chi connectivity index (χ1v) is 6.90. The average Bonchev–Trinajstić information content (AvgIpc) is 2.83. The number of pyridine rings is 1. The number of fused-ring (bicyclic) bond motifs is 1. The lowest BCUT2D eigenvalue weighted by Crippen LogP contribution is -2.18. The molecule has 0 aliphatic heterocycles. The van der Waals surface area contributed by atoms with Gasteiger partial charge >= 0.3 is 0 Å². The van der Waals surface area contributed by atoms with Gasteiger partial charge in [-0.05, 0) is 44.2 Å². The Balaban J connectivity index is 2.22. The summed E-state index contributed by atoms with van der Waals surface area (Å²) in [4.78, 5) is 9.43. The Morgan fingerprint density at radius 2 is 2.16 bits per heavy atom. The molecule has 2 heterocycles. The van der Waals surface area contributed by atoms with Crippen LogP contribution in [-0.4, -0.2) is 19.5 Å². The van der Waals surface area contributed by atoms with Crippen LogP contribution in [0.2, 0.25) is 0 Å². The topological polar surface area (TPSA) is 56.7 Å². The van der Waals surface area contributed by atoms with Crippen LogP contribution in [0.3, 0.4) is 0 Å². The Morgan fingerprint density at radius 1 is 1.37 bits per heavy atom. The average molecular weight is 272 g/mol. The maximum absolute atomic E-state index is 5.86. The van der Waals surface area contributed by atoms with Crippen molar-refractivity contribution in [1.29, 1.82) is 0 Å². The van der Waals surface area contributed by atoms with Crippen LogP contribution < -0.4 is 5.73 Å². The summed E-state index contributed by atoms with van der Waals surface area (Å²) >= 11 is 5.18. The van der Waals surface area contributed by atoms with Gasteiger partial charge < -0.3 is 5.73 Å². The van der Waals surface area contributed by atoms with E-state index in [2.05, 4.69) is 11.1 Å². The summed E-state index contributed by atoms with van der Waals surface area (Å²) in [5.74, 6) is 1.70. The van der Waals surface area contributed by atoms with E-state index in [4.69, 9.17) is 22.9 Å². The number of hydrogen-bond donors (Lipinski definition) is 1. The molecule has 2 aromatic heterocycles. The van der Waals surface area contributed by atoms with Gasteiger partial charge in [0.1, 0.15) is 16.6 Å². The summed E-state index contributed by atoms with van der Waals surface area (Å²) in [6, 6.07) is 2.11. The molecular weight excluding hydrogens is 256 g/mol. The molecular formula is C14H16N4S. The highest BCUT2D eigenvalue weighted by atomic mass is 32.1. The number of aromatic nitrogens is 3. The van der Waals surface area contributed by atoms with Crippen LogP contribution in [-0.2, 0) is 12.8 Å². The second-order valence-corrected chi connectivity index (χ2v) is 5.32. The summed E-state index contributed by atoms with van der Waals surface area (Å²) in [6.45, 7) is 1.95. The van der Waals surface area contributed by atoms with E-state index in [9.17, 15) is 0 Å². The molecule has 5 heteroatoms. The van der Waals surface area contributed by atoms with E-state index in [0.29, 0.717) is 4.99 Å². The molecule has 0 bridgehead atoms. The van der Waals surface area contributed by atoms with Crippen molar-refractivity contribution in [2.24, 2.45) is 5.73 Å². The van der Waals surface area contributed by atoms with Crippen LogP contribution in [0.25, 0.3) is 5.82 Å². The Morgan fingerprint density at radius 3 is 2.84 bits per heavy atom. The summed E-state index contributed by atoms with van der Waals surface area (Å²) in [5, 5.41) is 0. The van der Waals surface area contributed by atoms with Gasteiger partial charge in [0.2, 0.25) is 0 Å². The first-order valence-electron chi connectivity index (χ1n) is 6.50. The number of thiocarbonyl (C=S) groups is 1. The van der Waals surface area contributed by atoms with E-state index in [-0.39, 0.29) is 0 Å². The molecule has 2 N–H and O–H groups in total. The first kappa shape index (κ1) is 12.3. The molecule has 0 amide bonds. The maximum Gasteiger partial charge on any atom is 0.148 e. The number of aryl methyl sites for hydroxylation is 3. The minimum Gasteiger partial charge on any atom is -0.389 e. The molecule has 0 aromatic carbocycles. The molecule has 2 aromatic rings. The van der Waals surface area contributed by atoms with Crippen molar-refractivity contribution < 1.29 is 0 Å². The molecule has 0 saturated carbocycles. The van der Waals surface area contributed by atoms with Crippen molar-refractivity contribution in [3.05, 3.63) is 41.1 Å². The van der Waals surface area contributed by atoms with E-state index in [1.54, 1.807) is 6.20 Å². The zero-order valence-electron chi connectivity index (χ0n) is 10.9. The molecule has 0 atom stereocenters. The number of nitrogens with two attached hydrogens (primary N) is 1. The Labute approximate surface area is 117 Å². The normalized spacial score (nSPS) is 14.2. The zero-order chi connectivity index (χ0) is 13.4. The smallest absolute Gasteiger partial charge is 0.148 e. The molecule has 1 aliphatic rings. The highest BCUT2D eigenvalue weighted by molar-refractivity contribution is 7.80. The Bertz CT molecular complexity index is 645. The van der Waals surface area contributed by atoms with Crippen LogP contribution in [0.15, 0.2) is 18.5 Å². The first-order chi connectivity index (χ1) is 9.16. The third kappa shape index (κ3) is 2.14. The number of imidazole rings is 1. The summed E-state index contributed by atoms with van der Waals surface area (Å²) in [7, 11) is 0. The van der Waals surface area contributed by atoms with Crippen molar-refractivity contribution in [2.45, 2.75) is 32.6 Å². The van der Waals surface area contributed by atoms with Crippen molar-refractivity contribution in [1.82, 2.24) is 14.5 Å². The van der Waals surface area contributed by atoms with E-state index in [0.717, 1.165) is 30.0 Å². The van der Waals surface area contributed by atoms with Crippen molar-refractivity contribution in [2.75, 3.05) is 0 Å². The molecule has 0 unspecified atom stereocenters. The lowest BCUT2D eigenvalue weighted by Gasteiger charge is -2.19. The van der Waals surface area contributed by atoms with Gasteiger partial charge in [-0.15, -0.1) is 0 Å². The highest BCUT2D eigenvalue weighted by Crippen LogP contribution is 2.24. The van der Waals surface area contributed by atoms with Gasteiger partial charge in [0.25, 0.3) is 0 Å². The molecule has 1 aliphatic carbocycles. The van der Waals surface area contributed by atoms with Crippen molar-refractivity contribution in [3.8, 4) is 5.82 Å². The van der Waals surface area contributed by atoms with E-state index >= 15 is 0 Å². The summed E-state index contributed by atoms with van der Waals surface area (Å²) in [5.41, 5.74) is 9.17. The fourth-order valence-electron chi connectivity index (χ4n) is 2.59. The van der Waals surface area contributed by atoms with Crippen LogP contribution in [0.1, 0.15) is 35.5 Å². The molecule has 98 valence electrons. The predicted molar refractivity (Wildman–Crippen MR) is 78.6 cm³/mol. The monoisotopic (exact) mass is 272 g/mol. The largest absolute Gasteiger partial charge is 0.389 e. The van der Waals surface area contributed by atoms with Gasteiger partial charge in [-0.3, -0.25) is 4.57 Å². The maximum atomic E-state index is 5.86. The van der Waals surface area contributed by atoms with Gasteiger partial charge in [-0.25, -0.2) is 9.97 Å². The van der Waals surface area contributed by atoms with Crippen LogP contribution in [0.5, 0.6) is 0 Å². The van der Waals surface area contributed by atoms with Crippen LogP contribution in [0, 0.1) is 6.92 Å². The standard InChI is InChI=1S/C14H16N4S/c1-9-16-6-7-18(9)14-11(13(15)19)8-10-4-2-3-5-12(10)17-14/h6-8H,2-5H2,1H3,(H2,15,19). The molecule has 0 fully saturated rings. The molecule has 19 heavy (non-hydrogen) atoms. The fraction of sp³-hybridized carbons (Fsp3) is 0.357. The van der Waals surface area contributed by atoms with Gasteiger partial charge in [-0.1, -0.05) is 12.2 Å². The summed E-state index contributed by atoms with van der Waals surface area (Å²) < 4.78 is 1.95. The Hall–Kier alpha value is -1.75. The second kappa shape index (κ2) is 4.74. The fourth-order valence-corrected chi connectivity index (χ4v) is 2.74. The van der Waals surface area contributed by atoms with Gasteiger partial charge in [0, 0.05) is 18.1 Å². The minimum absolute atomic E-state index is 0.393. The third-order valence-electron chi connectivity index (χ3n) is 3.60. The number of hydrogen-bond acceptors (Lipinski definition) is 3. The lowest BCUT2D eigenvalue weighted by atomic mass is 9.94. The molecule has 4 nitrogen and oxygen atoms in total. The van der Waals surface area contributed by atoms with Crippen molar-refractivity contribution in [3.63, 3.8) is 0 Å². The van der Waals surface area contributed by atoms with E-state index in [1.807, 2.05) is 17.7 Å². The quantitative estimate of drug-likeness (QED) is 0.851. The molecule has 0 radical (unpaired) electrons. The number of rotatable bonds is 2. The van der Waals surface area contributed by atoms with Gasteiger partial charge in [0.05, 0.1) is 5.56 Å². The molecule has 3 rings (SSSR count). The highest BCUT2D eigenvalue weighted by Gasteiger charge is 2.18. The van der Waals surface area contributed by atoms with Gasteiger partial charge in [-0.2, -0.15) is 0 Å². The number of nitrogens with zero attached hydrogens (tertiary/aromatic N) is 3. The van der Waals surface area contributed by atoms with Crippen molar-refractivity contribution >= 4 is 17.2 Å². The molecule has 0 spiro atoms. The van der Waals surface area contributed by atoms with Gasteiger partial charge in [0.15, 0.2) is 0 Å². The molecule has 0 saturated heterocycles. The minimum atomic E-state index is 0.393. The SMILES string of the molecule is Cc1nccn1-c1nc2c(cc1C(N)=S)CCCC2. The van der Waals surface area contributed by atoms with E-state index < -0.39 is 0 Å². The van der Waals surface area contributed by atoms with Crippen LogP contribution in [0.4, 0.5) is 0 Å². The van der Waals surface area contributed by atoms with Crippen LogP contribution >= 0.6 is 12.2 Å². The second-order valence-electron chi connectivity index (χ2n) is 4.88. The Kier molecular flexibility index (Phi) is 3.06. The zero-order valence-corrected chi connectivity index (χ0v) is 11.7.